The summed E-state index contributed by atoms with van der Waals surface area (Å²) in [6, 6.07) is 3.00. The van der Waals surface area contributed by atoms with Gasteiger partial charge in [0.2, 0.25) is 5.91 Å². The molecule has 90 valence electrons. The number of carbonyl (C=O) groups excluding carboxylic acids is 2. The van der Waals surface area contributed by atoms with E-state index in [0.29, 0.717) is 0 Å². The summed E-state index contributed by atoms with van der Waals surface area (Å²) >= 11 is 0. The topological polar surface area (TPSA) is 122 Å². The third-order valence-corrected chi connectivity index (χ3v) is 1.79. The number of nitrogens with one attached hydrogen (secondary N) is 2. The lowest BCUT2D eigenvalue weighted by molar-refractivity contribution is -0.384. The summed E-state index contributed by atoms with van der Waals surface area (Å²) in [6.45, 7) is 1.17. The lowest BCUT2D eigenvalue weighted by Gasteiger charge is -2.06. The Morgan fingerprint density at radius 3 is 2.53 bits per heavy atom. The highest BCUT2D eigenvalue weighted by atomic mass is 16.6. The molecule has 0 aliphatic rings. The van der Waals surface area contributed by atoms with Gasteiger partial charge in [-0.05, 0) is 6.07 Å². The van der Waals surface area contributed by atoms with E-state index in [-0.39, 0.29) is 11.3 Å². The number of aromatic hydroxyl groups is 1. The quantitative estimate of drug-likeness (QED) is 0.498. The van der Waals surface area contributed by atoms with Crippen molar-refractivity contribution in [2.75, 3.05) is 0 Å². The molecule has 0 radical (unpaired) electrons. The molecular weight excluding hydrogens is 230 g/mol. The summed E-state index contributed by atoms with van der Waals surface area (Å²) in [4.78, 5) is 31.8. The molecule has 0 bridgehead atoms. The number of nitrogens with zero attached hydrogens (tertiary/aromatic N) is 1. The van der Waals surface area contributed by atoms with Crippen LogP contribution in [0.25, 0.3) is 0 Å². The molecule has 1 rings (SSSR count). The first-order valence-corrected chi connectivity index (χ1v) is 4.46. The lowest BCUT2D eigenvalue weighted by atomic mass is 10.1. The zero-order valence-corrected chi connectivity index (χ0v) is 8.76. The maximum atomic E-state index is 11.4. The third kappa shape index (κ3) is 3.16. The molecule has 17 heavy (non-hydrogen) atoms. The number of carbonyl (C=O) groups is 2. The van der Waals surface area contributed by atoms with Crippen LogP contribution in [0, 0.1) is 10.1 Å². The van der Waals surface area contributed by atoms with E-state index in [1.54, 1.807) is 0 Å². The zero-order chi connectivity index (χ0) is 13.0. The van der Waals surface area contributed by atoms with Gasteiger partial charge in [-0.1, -0.05) is 0 Å². The number of rotatable bonds is 2. The summed E-state index contributed by atoms with van der Waals surface area (Å²) < 4.78 is 0. The van der Waals surface area contributed by atoms with E-state index in [1.165, 1.54) is 6.92 Å². The lowest BCUT2D eigenvalue weighted by Crippen LogP contribution is -2.40. The molecule has 0 aliphatic carbocycles. The van der Waals surface area contributed by atoms with Gasteiger partial charge in [-0.15, -0.1) is 0 Å². The van der Waals surface area contributed by atoms with E-state index in [0.717, 1.165) is 18.2 Å². The van der Waals surface area contributed by atoms with Crippen molar-refractivity contribution in [2.45, 2.75) is 6.92 Å². The number of nitro groups is 1. The van der Waals surface area contributed by atoms with Gasteiger partial charge in [-0.2, -0.15) is 0 Å². The van der Waals surface area contributed by atoms with Gasteiger partial charge in [-0.25, -0.2) is 0 Å². The van der Waals surface area contributed by atoms with Gasteiger partial charge in [-0.3, -0.25) is 30.6 Å². The van der Waals surface area contributed by atoms with Crippen LogP contribution in [0.15, 0.2) is 18.2 Å². The number of benzene rings is 1. The Bertz CT molecular complexity index is 486. The minimum atomic E-state index is -0.846. The van der Waals surface area contributed by atoms with Gasteiger partial charge >= 0.3 is 0 Å². The van der Waals surface area contributed by atoms with Crippen LogP contribution < -0.4 is 10.9 Å². The molecule has 1 aromatic carbocycles. The number of nitro benzene ring substituents is 1. The van der Waals surface area contributed by atoms with Gasteiger partial charge in [0.1, 0.15) is 5.75 Å². The first-order valence-electron chi connectivity index (χ1n) is 4.46. The van der Waals surface area contributed by atoms with Crippen molar-refractivity contribution in [3.05, 3.63) is 33.9 Å². The molecule has 0 saturated carbocycles. The second-order valence-electron chi connectivity index (χ2n) is 3.09. The predicted molar refractivity (Wildman–Crippen MR) is 56.0 cm³/mol. The van der Waals surface area contributed by atoms with Gasteiger partial charge in [0.05, 0.1) is 10.5 Å². The van der Waals surface area contributed by atoms with Crippen molar-refractivity contribution < 1.29 is 19.6 Å². The highest BCUT2D eigenvalue weighted by Crippen LogP contribution is 2.22. The highest BCUT2D eigenvalue weighted by Gasteiger charge is 2.16. The number of phenolic OH excluding ortho intramolecular Hbond substituents is 1. The molecular formula is C9H9N3O5. The summed E-state index contributed by atoms with van der Waals surface area (Å²) in [7, 11) is 0. The molecule has 8 nitrogen and oxygen atoms in total. The SMILES string of the molecule is CC(=O)NNC(=O)c1cc([N+](=O)[O-])ccc1O. The normalized spacial score (nSPS) is 9.47. The van der Waals surface area contributed by atoms with Crippen molar-refractivity contribution in [3.63, 3.8) is 0 Å². The minimum absolute atomic E-state index is 0.298. The Morgan fingerprint density at radius 2 is 2.00 bits per heavy atom. The van der Waals surface area contributed by atoms with E-state index >= 15 is 0 Å². The molecule has 8 heteroatoms. The Balaban J connectivity index is 2.95. The largest absolute Gasteiger partial charge is 0.507 e. The van der Waals surface area contributed by atoms with Crippen LogP contribution >= 0.6 is 0 Å². The molecule has 0 unspecified atom stereocenters. The summed E-state index contributed by atoms with van der Waals surface area (Å²) in [5.74, 6) is -1.77. The van der Waals surface area contributed by atoms with Crippen LogP contribution in [0.2, 0.25) is 0 Å². The van der Waals surface area contributed by atoms with Crippen LogP contribution in [0.1, 0.15) is 17.3 Å². The van der Waals surface area contributed by atoms with Gasteiger partial charge in [0, 0.05) is 19.1 Å². The molecule has 1 aromatic rings. The highest BCUT2D eigenvalue weighted by molar-refractivity contribution is 5.98. The maximum Gasteiger partial charge on any atom is 0.273 e. The summed E-state index contributed by atoms with van der Waals surface area (Å²) in [6.07, 6.45) is 0. The molecule has 0 aliphatic heterocycles. The first-order chi connectivity index (χ1) is 7.91. The van der Waals surface area contributed by atoms with Crippen LogP contribution in [0.5, 0.6) is 5.75 Å². The minimum Gasteiger partial charge on any atom is -0.507 e. The number of hydrazine groups is 1. The van der Waals surface area contributed by atoms with Crippen molar-refractivity contribution in [1.29, 1.82) is 0 Å². The number of hydrogen-bond acceptors (Lipinski definition) is 5. The molecule has 3 N–H and O–H groups in total. The number of phenols is 1. The zero-order valence-electron chi connectivity index (χ0n) is 8.76. The fraction of sp³-hybridized carbons (Fsp3) is 0.111. The van der Waals surface area contributed by atoms with Crippen molar-refractivity contribution in [2.24, 2.45) is 0 Å². The molecule has 0 atom stereocenters. The van der Waals surface area contributed by atoms with E-state index in [9.17, 15) is 24.8 Å². The van der Waals surface area contributed by atoms with Gasteiger partial charge in [0.15, 0.2) is 0 Å². The Morgan fingerprint density at radius 1 is 1.35 bits per heavy atom. The third-order valence-electron chi connectivity index (χ3n) is 1.79. The Labute approximate surface area is 95.4 Å². The monoisotopic (exact) mass is 239 g/mol. The van der Waals surface area contributed by atoms with Crippen LogP contribution in [0.4, 0.5) is 5.69 Å². The molecule has 0 spiro atoms. The van der Waals surface area contributed by atoms with E-state index in [4.69, 9.17) is 0 Å². The molecule has 0 saturated heterocycles. The van der Waals surface area contributed by atoms with Crippen LogP contribution in [-0.2, 0) is 4.79 Å². The van der Waals surface area contributed by atoms with Crippen molar-refractivity contribution in [3.8, 4) is 5.75 Å². The smallest absolute Gasteiger partial charge is 0.273 e. The van der Waals surface area contributed by atoms with Crippen molar-refractivity contribution in [1.82, 2.24) is 10.9 Å². The summed E-state index contributed by atoms with van der Waals surface area (Å²) in [5.41, 5.74) is 3.35. The molecule has 0 aromatic heterocycles. The molecule has 0 fully saturated rings. The van der Waals surface area contributed by atoms with Crippen molar-refractivity contribution >= 4 is 17.5 Å². The Kier molecular flexibility index (Phi) is 3.60. The van der Waals surface area contributed by atoms with Crippen LogP contribution in [0.3, 0.4) is 0 Å². The summed E-state index contributed by atoms with van der Waals surface area (Å²) in [5, 5.41) is 19.8. The second kappa shape index (κ2) is 4.92. The van der Waals surface area contributed by atoms with E-state index < -0.39 is 22.5 Å². The van der Waals surface area contributed by atoms with Gasteiger partial charge < -0.3 is 5.11 Å². The Hall–Kier alpha value is -2.64. The fourth-order valence-corrected chi connectivity index (χ4v) is 1.03. The standard InChI is InChI=1S/C9H9N3O5/c1-5(13)10-11-9(15)7-4-6(12(16)17)2-3-8(7)14/h2-4,14H,1H3,(H,10,13)(H,11,15). The first kappa shape index (κ1) is 12.4. The molecule has 0 heterocycles. The van der Waals surface area contributed by atoms with Crippen LogP contribution in [-0.4, -0.2) is 21.8 Å². The maximum absolute atomic E-state index is 11.4. The number of non-ortho nitro benzene ring substituents is 1. The average Bonchev–Trinajstić information content (AvgIpc) is 2.26. The van der Waals surface area contributed by atoms with E-state index in [2.05, 4.69) is 0 Å². The van der Waals surface area contributed by atoms with Gasteiger partial charge in [0.25, 0.3) is 11.6 Å². The fourth-order valence-electron chi connectivity index (χ4n) is 1.03. The number of hydrogen-bond donors (Lipinski definition) is 3. The molecule has 2 amide bonds. The van der Waals surface area contributed by atoms with E-state index in [1.807, 2.05) is 10.9 Å². The number of amides is 2. The second-order valence-corrected chi connectivity index (χ2v) is 3.09. The average molecular weight is 239 g/mol. The predicted octanol–water partition coefficient (Wildman–Crippen LogP) is 0.0813.